The number of carbonyl (C=O) groups excluding carboxylic acids is 1. The van der Waals surface area contributed by atoms with Gasteiger partial charge < -0.3 is 9.84 Å². The highest BCUT2D eigenvalue weighted by atomic mass is 35.5. The van der Waals surface area contributed by atoms with E-state index in [-0.39, 0.29) is 53.6 Å². The average Bonchev–Trinajstić information content (AvgIpc) is 3.08. The van der Waals surface area contributed by atoms with Crippen LogP contribution in [0.3, 0.4) is 0 Å². The smallest absolute Gasteiger partial charge is 0.159 e. The van der Waals surface area contributed by atoms with E-state index in [1.165, 1.54) is 19.1 Å². The molecule has 0 saturated carbocycles. The number of Topliss-reactive ketones (excluding diaryl/α,β-unsaturated/α-hetero) is 1. The highest BCUT2D eigenvalue weighted by Gasteiger charge is 2.33. The molecule has 1 N–H and O–H groups in total. The third kappa shape index (κ3) is 6.49. The summed E-state index contributed by atoms with van der Waals surface area (Å²) in [5.41, 5.74) is 0.759. The normalized spacial score (nSPS) is 18.8. The largest absolute Gasteiger partial charge is 0.491 e. The van der Waals surface area contributed by atoms with Crippen molar-refractivity contribution in [3.05, 3.63) is 64.4 Å². The molecule has 3 rings (SSSR count). The van der Waals surface area contributed by atoms with Gasteiger partial charge in [-0.05, 0) is 37.6 Å². The zero-order chi connectivity index (χ0) is 22.6. The van der Waals surface area contributed by atoms with Crippen molar-refractivity contribution in [3.63, 3.8) is 0 Å². The Bertz CT molecular complexity index is 1030. The topological polar surface area (TPSA) is 83.9 Å². The number of rotatable bonds is 9. The van der Waals surface area contributed by atoms with Crippen LogP contribution in [0.2, 0.25) is 5.02 Å². The van der Waals surface area contributed by atoms with Crippen LogP contribution >= 0.6 is 11.6 Å². The molecule has 0 amide bonds. The number of aliphatic hydroxyl groups is 1. The Balaban J connectivity index is 1.70. The number of aliphatic hydroxyl groups excluding tert-OH is 1. The number of benzene rings is 2. The molecule has 0 aromatic heterocycles. The number of ether oxygens (including phenoxy) is 1. The number of ketones is 1. The summed E-state index contributed by atoms with van der Waals surface area (Å²) >= 11 is 6.15. The van der Waals surface area contributed by atoms with Crippen LogP contribution in [0, 0.1) is 5.82 Å². The van der Waals surface area contributed by atoms with E-state index in [0.717, 1.165) is 0 Å². The van der Waals surface area contributed by atoms with Crippen molar-refractivity contribution >= 4 is 27.2 Å². The summed E-state index contributed by atoms with van der Waals surface area (Å²) in [6.45, 7) is 1.54. The summed E-state index contributed by atoms with van der Waals surface area (Å²) in [6.07, 6.45) is -0.558. The molecule has 2 atom stereocenters. The van der Waals surface area contributed by atoms with E-state index in [1.54, 1.807) is 35.2 Å². The van der Waals surface area contributed by atoms with Gasteiger partial charge in [0, 0.05) is 35.3 Å². The fourth-order valence-electron chi connectivity index (χ4n) is 3.61. The van der Waals surface area contributed by atoms with Gasteiger partial charge in [-0.25, -0.2) is 12.8 Å². The Morgan fingerprint density at radius 1 is 1.32 bits per heavy atom. The Hall–Kier alpha value is -2.00. The average molecular weight is 470 g/mol. The van der Waals surface area contributed by atoms with Gasteiger partial charge in [0.15, 0.2) is 15.6 Å². The highest BCUT2D eigenvalue weighted by Crippen LogP contribution is 2.25. The second kappa shape index (κ2) is 10.1. The number of carbonyl (C=O) groups is 1. The lowest BCUT2D eigenvalue weighted by molar-refractivity contribution is 0.0520. The van der Waals surface area contributed by atoms with Gasteiger partial charge >= 0.3 is 0 Å². The monoisotopic (exact) mass is 469 g/mol. The third-order valence-corrected chi connectivity index (χ3v) is 7.38. The van der Waals surface area contributed by atoms with Gasteiger partial charge in [-0.15, -0.1) is 0 Å². The molecule has 1 aliphatic rings. The first-order chi connectivity index (χ1) is 14.6. The lowest BCUT2D eigenvalue weighted by Gasteiger charge is -2.30. The minimum atomic E-state index is -3.17. The Labute approximate surface area is 186 Å². The van der Waals surface area contributed by atoms with Crippen LogP contribution < -0.4 is 4.74 Å². The minimum Gasteiger partial charge on any atom is -0.491 e. The predicted octanol–water partition coefficient (Wildman–Crippen LogP) is 3.11. The van der Waals surface area contributed by atoms with Gasteiger partial charge in [-0.1, -0.05) is 29.8 Å². The van der Waals surface area contributed by atoms with Crippen LogP contribution in [0.1, 0.15) is 29.3 Å². The van der Waals surface area contributed by atoms with Crippen molar-refractivity contribution in [2.45, 2.75) is 32.0 Å². The summed E-state index contributed by atoms with van der Waals surface area (Å²) in [4.78, 5) is 13.3. The number of sulfone groups is 1. The lowest BCUT2D eigenvalue weighted by Crippen LogP contribution is -2.42. The maximum absolute atomic E-state index is 14.3. The van der Waals surface area contributed by atoms with Gasteiger partial charge in [0.2, 0.25) is 0 Å². The molecule has 0 aliphatic carbocycles. The van der Waals surface area contributed by atoms with E-state index < -0.39 is 21.8 Å². The molecule has 31 heavy (non-hydrogen) atoms. The molecule has 0 bridgehead atoms. The molecule has 1 fully saturated rings. The molecular weight excluding hydrogens is 445 g/mol. The fourth-order valence-corrected chi connectivity index (χ4v) is 5.60. The Morgan fingerprint density at radius 2 is 2.06 bits per heavy atom. The van der Waals surface area contributed by atoms with Gasteiger partial charge in [0.1, 0.15) is 24.3 Å². The van der Waals surface area contributed by atoms with E-state index in [4.69, 9.17) is 16.3 Å². The van der Waals surface area contributed by atoms with Gasteiger partial charge in [0.25, 0.3) is 0 Å². The minimum absolute atomic E-state index is 0.0483. The molecule has 2 aromatic rings. The zero-order valence-corrected chi connectivity index (χ0v) is 18.7. The van der Waals surface area contributed by atoms with Crippen molar-refractivity contribution < 1.29 is 27.4 Å². The van der Waals surface area contributed by atoms with E-state index in [2.05, 4.69) is 0 Å². The lowest BCUT2D eigenvalue weighted by atomic mass is 10.1. The van der Waals surface area contributed by atoms with Crippen LogP contribution in [0.4, 0.5) is 4.39 Å². The summed E-state index contributed by atoms with van der Waals surface area (Å²) in [5, 5.41) is 10.8. The number of hydrogen-bond acceptors (Lipinski definition) is 6. The molecule has 6 nitrogen and oxygen atoms in total. The van der Waals surface area contributed by atoms with Crippen molar-refractivity contribution in [3.8, 4) is 5.75 Å². The van der Waals surface area contributed by atoms with Crippen LogP contribution in [0.25, 0.3) is 0 Å². The molecule has 0 radical (unpaired) electrons. The van der Waals surface area contributed by atoms with Crippen molar-refractivity contribution in [1.29, 1.82) is 0 Å². The zero-order valence-electron chi connectivity index (χ0n) is 17.1. The summed E-state index contributed by atoms with van der Waals surface area (Å²) in [5.74, 6) is -0.123. The van der Waals surface area contributed by atoms with Crippen molar-refractivity contribution in [2.75, 3.05) is 24.7 Å². The number of halogens is 2. The van der Waals surface area contributed by atoms with Crippen molar-refractivity contribution in [1.82, 2.24) is 4.90 Å². The number of nitrogens with zero attached hydrogens (tertiary/aromatic N) is 1. The standard InChI is InChI=1S/C22H25ClFNO5S/c1-15(26)16-4-2-5-19(10-16)30-13-18(27)11-25(17-8-9-31(28,29)14-17)12-20-21(23)6-3-7-22(20)24/h2-7,10,17-18,27H,8-9,11-14H2,1H3. The molecule has 1 aliphatic heterocycles. The van der Waals surface area contributed by atoms with Crippen molar-refractivity contribution in [2.24, 2.45) is 0 Å². The predicted molar refractivity (Wildman–Crippen MR) is 117 cm³/mol. The molecule has 9 heteroatoms. The molecule has 1 saturated heterocycles. The molecule has 0 spiro atoms. The second-order valence-corrected chi connectivity index (χ2v) is 10.4. The first-order valence-electron chi connectivity index (χ1n) is 9.94. The molecule has 168 valence electrons. The Kier molecular flexibility index (Phi) is 7.69. The third-order valence-electron chi connectivity index (χ3n) is 5.28. The van der Waals surface area contributed by atoms with Gasteiger partial charge in [-0.3, -0.25) is 9.69 Å². The van der Waals surface area contributed by atoms with E-state index in [1.807, 2.05) is 0 Å². The van der Waals surface area contributed by atoms with Crippen LogP contribution in [0.5, 0.6) is 5.75 Å². The van der Waals surface area contributed by atoms with E-state index in [0.29, 0.717) is 17.7 Å². The number of hydrogen-bond donors (Lipinski definition) is 1. The summed E-state index contributed by atoms with van der Waals surface area (Å²) in [6, 6.07) is 10.7. The van der Waals surface area contributed by atoms with E-state index >= 15 is 0 Å². The van der Waals surface area contributed by atoms with Crippen LogP contribution in [0.15, 0.2) is 42.5 Å². The maximum Gasteiger partial charge on any atom is 0.159 e. The second-order valence-electron chi connectivity index (χ2n) is 7.74. The SMILES string of the molecule is CC(=O)c1cccc(OCC(O)CN(Cc2c(F)cccc2Cl)C2CCS(=O)(=O)C2)c1. The quantitative estimate of drug-likeness (QED) is 0.568. The Morgan fingerprint density at radius 3 is 2.71 bits per heavy atom. The molecule has 2 aromatic carbocycles. The highest BCUT2D eigenvalue weighted by molar-refractivity contribution is 7.91. The van der Waals surface area contributed by atoms with E-state index in [9.17, 15) is 22.7 Å². The summed E-state index contributed by atoms with van der Waals surface area (Å²) < 4.78 is 43.9. The van der Waals surface area contributed by atoms with Crippen LogP contribution in [-0.4, -0.2) is 61.0 Å². The molecule has 2 unspecified atom stereocenters. The van der Waals surface area contributed by atoms with Gasteiger partial charge in [-0.2, -0.15) is 0 Å². The fraction of sp³-hybridized carbons (Fsp3) is 0.409. The molecule has 1 heterocycles. The van der Waals surface area contributed by atoms with Crippen LogP contribution in [-0.2, 0) is 16.4 Å². The first-order valence-corrected chi connectivity index (χ1v) is 12.1. The summed E-state index contributed by atoms with van der Waals surface area (Å²) in [7, 11) is -3.17. The van der Waals surface area contributed by atoms with Gasteiger partial charge in [0.05, 0.1) is 11.5 Å². The first kappa shape index (κ1) is 23.7. The maximum atomic E-state index is 14.3. The molecular formula is C22H25ClFNO5S.